The van der Waals surface area contributed by atoms with Gasteiger partial charge < -0.3 is 19.7 Å². The van der Waals surface area contributed by atoms with E-state index in [1.165, 1.54) is 21.1 Å². The Hall–Kier alpha value is -4.96. The van der Waals surface area contributed by atoms with Gasteiger partial charge in [0, 0.05) is 17.1 Å². The zero-order chi connectivity index (χ0) is 28.9. The molecule has 0 fully saturated rings. The Labute approximate surface area is 240 Å². The number of carbonyl (C=O) groups is 4. The Balaban J connectivity index is 1.50. The maximum absolute atomic E-state index is 14.1. The van der Waals surface area contributed by atoms with Gasteiger partial charge in [-0.1, -0.05) is 30.3 Å². The summed E-state index contributed by atoms with van der Waals surface area (Å²) in [5.41, 5.74) is 1.90. The average Bonchev–Trinajstić information content (AvgIpc) is 3.61. The summed E-state index contributed by atoms with van der Waals surface area (Å²) in [5.74, 6) is -1.08. The molecular formula is C31H27N3O6S. The third-order valence-corrected chi connectivity index (χ3v) is 7.66. The fourth-order valence-electron chi connectivity index (χ4n) is 4.64. The van der Waals surface area contributed by atoms with Crippen LogP contribution in [0, 0.1) is 0 Å². The van der Waals surface area contributed by atoms with Crippen LogP contribution in [0.15, 0.2) is 90.3 Å². The number of thiophene rings is 1. The Morgan fingerprint density at radius 3 is 2.17 bits per heavy atom. The number of ether oxygens (including phenoxy) is 2. The molecule has 10 heteroatoms. The zero-order valence-electron chi connectivity index (χ0n) is 22.4. The molecule has 1 aromatic heterocycles. The molecule has 0 saturated carbocycles. The van der Waals surface area contributed by atoms with Crippen molar-refractivity contribution in [1.82, 2.24) is 4.90 Å². The van der Waals surface area contributed by atoms with Gasteiger partial charge in [0.2, 0.25) is 5.91 Å². The molecule has 41 heavy (non-hydrogen) atoms. The lowest BCUT2D eigenvalue weighted by molar-refractivity contribution is -0.138. The first-order valence-corrected chi connectivity index (χ1v) is 13.6. The van der Waals surface area contributed by atoms with Crippen molar-refractivity contribution >= 4 is 46.2 Å². The monoisotopic (exact) mass is 569 g/mol. The predicted molar refractivity (Wildman–Crippen MR) is 155 cm³/mol. The topological polar surface area (TPSA) is 105 Å². The first kappa shape index (κ1) is 27.6. The smallest absolute Gasteiger partial charge is 0.299 e. The van der Waals surface area contributed by atoms with E-state index < -0.39 is 36.1 Å². The van der Waals surface area contributed by atoms with Gasteiger partial charge in [0.05, 0.1) is 25.5 Å². The van der Waals surface area contributed by atoms with Crippen LogP contribution in [-0.4, -0.2) is 49.2 Å². The Bertz CT molecular complexity index is 1570. The molecule has 4 aromatic rings. The molecule has 0 radical (unpaired) electrons. The van der Waals surface area contributed by atoms with Crippen LogP contribution >= 0.6 is 11.3 Å². The number of rotatable bonds is 10. The average molecular weight is 570 g/mol. The van der Waals surface area contributed by atoms with Gasteiger partial charge in [0.1, 0.15) is 24.1 Å². The van der Waals surface area contributed by atoms with Gasteiger partial charge in [0.15, 0.2) is 0 Å². The van der Waals surface area contributed by atoms with Crippen molar-refractivity contribution in [1.29, 1.82) is 0 Å². The van der Waals surface area contributed by atoms with Crippen LogP contribution < -0.4 is 19.7 Å². The second kappa shape index (κ2) is 12.1. The van der Waals surface area contributed by atoms with Gasteiger partial charge in [0.25, 0.3) is 17.6 Å². The van der Waals surface area contributed by atoms with Gasteiger partial charge >= 0.3 is 0 Å². The molecule has 0 spiro atoms. The number of benzene rings is 3. The van der Waals surface area contributed by atoms with E-state index in [0.29, 0.717) is 27.8 Å². The van der Waals surface area contributed by atoms with Crippen molar-refractivity contribution in [2.24, 2.45) is 0 Å². The number of nitrogens with zero attached hydrogens (tertiary/aromatic N) is 2. The van der Waals surface area contributed by atoms with E-state index in [2.05, 4.69) is 5.32 Å². The minimum atomic E-state index is -1.02. The molecule has 5 rings (SSSR count). The second-order valence-electron chi connectivity index (χ2n) is 9.24. The minimum Gasteiger partial charge on any atom is -0.497 e. The van der Waals surface area contributed by atoms with E-state index in [-0.39, 0.29) is 12.1 Å². The standard InChI is InChI=1S/C31H27N3O6S/c1-39-22-13-9-20(10-14-22)18-34(27(35)19-33-25-7-4-3-6-24(25)29(36)31(33)38)28(26-8-5-17-41-26)30(37)32-21-11-15-23(40-2)16-12-21/h3-17,28H,18-19H2,1-2H3,(H,32,37)/t28-/m0/s1. The van der Waals surface area contributed by atoms with Crippen molar-refractivity contribution < 1.29 is 28.7 Å². The number of ketones is 1. The van der Waals surface area contributed by atoms with Crippen LogP contribution in [0.1, 0.15) is 26.8 Å². The zero-order valence-corrected chi connectivity index (χ0v) is 23.2. The molecule has 1 aliphatic heterocycles. The van der Waals surface area contributed by atoms with Gasteiger partial charge in [-0.3, -0.25) is 24.1 Å². The third-order valence-electron chi connectivity index (χ3n) is 6.73. The molecular weight excluding hydrogens is 542 g/mol. The fraction of sp³-hybridized carbons (Fsp3) is 0.161. The summed E-state index contributed by atoms with van der Waals surface area (Å²) < 4.78 is 10.5. The highest BCUT2D eigenvalue weighted by Gasteiger charge is 2.39. The van der Waals surface area contributed by atoms with Crippen LogP contribution in [0.5, 0.6) is 11.5 Å². The van der Waals surface area contributed by atoms with Crippen molar-refractivity contribution in [2.45, 2.75) is 12.6 Å². The number of fused-ring (bicyclic) bond motifs is 1. The molecule has 0 aliphatic carbocycles. The maximum atomic E-state index is 14.1. The molecule has 1 atom stereocenters. The number of amides is 3. The molecule has 9 nitrogen and oxygen atoms in total. The number of methoxy groups -OCH3 is 2. The van der Waals surface area contributed by atoms with Crippen molar-refractivity contribution in [3.05, 3.63) is 106 Å². The first-order valence-electron chi connectivity index (χ1n) is 12.8. The molecule has 2 heterocycles. The van der Waals surface area contributed by atoms with E-state index in [1.807, 2.05) is 23.6 Å². The predicted octanol–water partition coefficient (Wildman–Crippen LogP) is 4.70. The molecule has 208 valence electrons. The second-order valence-corrected chi connectivity index (χ2v) is 10.2. The SMILES string of the molecule is COc1ccc(CN(C(=O)CN2C(=O)C(=O)c3ccccc32)[C@H](C(=O)Nc2ccc(OC)cc2)c2cccs2)cc1. The third kappa shape index (κ3) is 5.82. The van der Waals surface area contributed by atoms with E-state index in [4.69, 9.17) is 9.47 Å². The summed E-state index contributed by atoms with van der Waals surface area (Å²) in [7, 11) is 3.12. The lowest BCUT2D eigenvalue weighted by Gasteiger charge is -2.32. The summed E-state index contributed by atoms with van der Waals surface area (Å²) >= 11 is 1.34. The Morgan fingerprint density at radius 1 is 0.878 bits per heavy atom. The van der Waals surface area contributed by atoms with Gasteiger partial charge in [-0.15, -0.1) is 11.3 Å². The lowest BCUT2D eigenvalue weighted by Crippen LogP contribution is -2.46. The van der Waals surface area contributed by atoms with Crippen LogP contribution in [0.3, 0.4) is 0 Å². The van der Waals surface area contributed by atoms with E-state index >= 15 is 0 Å². The summed E-state index contributed by atoms with van der Waals surface area (Å²) in [5, 5.41) is 4.74. The fourth-order valence-corrected chi connectivity index (χ4v) is 5.47. The molecule has 3 aromatic carbocycles. The molecule has 0 unspecified atom stereocenters. The van der Waals surface area contributed by atoms with Crippen LogP contribution in [0.2, 0.25) is 0 Å². The number of para-hydroxylation sites is 1. The van der Waals surface area contributed by atoms with Gasteiger partial charge in [-0.25, -0.2) is 0 Å². The lowest BCUT2D eigenvalue weighted by atomic mass is 10.1. The quantitative estimate of drug-likeness (QED) is 0.278. The summed E-state index contributed by atoms with van der Waals surface area (Å²) in [6.45, 7) is -0.339. The number of hydrogen-bond donors (Lipinski definition) is 1. The first-order chi connectivity index (χ1) is 19.9. The molecule has 0 bridgehead atoms. The van der Waals surface area contributed by atoms with Gasteiger partial charge in [-0.2, -0.15) is 0 Å². The molecule has 0 saturated heterocycles. The number of anilines is 2. The summed E-state index contributed by atoms with van der Waals surface area (Å²) in [4.78, 5) is 56.7. The normalized spacial score (nSPS) is 13.0. The molecule has 1 aliphatic rings. The largest absolute Gasteiger partial charge is 0.497 e. The van der Waals surface area contributed by atoms with E-state index in [0.717, 1.165) is 5.56 Å². The van der Waals surface area contributed by atoms with Crippen molar-refractivity contribution in [3.8, 4) is 11.5 Å². The van der Waals surface area contributed by atoms with Crippen LogP contribution in [-0.2, 0) is 20.9 Å². The van der Waals surface area contributed by atoms with Crippen molar-refractivity contribution in [3.63, 3.8) is 0 Å². The van der Waals surface area contributed by atoms with E-state index in [1.54, 1.807) is 80.9 Å². The Morgan fingerprint density at radius 2 is 1.54 bits per heavy atom. The highest BCUT2D eigenvalue weighted by atomic mass is 32.1. The summed E-state index contributed by atoms with van der Waals surface area (Å²) in [6, 6.07) is 23.2. The number of hydrogen-bond acceptors (Lipinski definition) is 7. The number of nitrogens with one attached hydrogen (secondary N) is 1. The highest BCUT2D eigenvalue weighted by Crippen LogP contribution is 2.32. The highest BCUT2D eigenvalue weighted by molar-refractivity contribution is 7.10. The van der Waals surface area contributed by atoms with Gasteiger partial charge in [-0.05, 0) is 65.5 Å². The number of Topliss-reactive ketones (excluding diaryl/α,β-unsaturated/α-hetero) is 1. The van der Waals surface area contributed by atoms with Crippen molar-refractivity contribution in [2.75, 3.05) is 31.0 Å². The Kier molecular flexibility index (Phi) is 8.11. The van der Waals surface area contributed by atoms with Crippen LogP contribution in [0.25, 0.3) is 0 Å². The number of carbonyl (C=O) groups excluding carboxylic acids is 4. The maximum Gasteiger partial charge on any atom is 0.299 e. The molecule has 3 amide bonds. The molecule has 1 N–H and O–H groups in total. The summed E-state index contributed by atoms with van der Waals surface area (Å²) in [6.07, 6.45) is 0. The van der Waals surface area contributed by atoms with E-state index in [9.17, 15) is 19.2 Å². The van der Waals surface area contributed by atoms with Crippen LogP contribution in [0.4, 0.5) is 11.4 Å². The minimum absolute atomic E-state index is 0.0685.